The molecule has 1 atom stereocenters. The molecular formula is C19H32IN3O3. The number of hydrogen-bond acceptors (Lipinski definition) is 4. The lowest BCUT2D eigenvalue weighted by Crippen LogP contribution is -2.40. The van der Waals surface area contributed by atoms with E-state index in [4.69, 9.17) is 19.2 Å². The Balaban J connectivity index is 0.00000338. The lowest BCUT2D eigenvalue weighted by Gasteiger charge is -2.21. The van der Waals surface area contributed by atoms with Crippen molar-refractivity contribution in [2.45, 2.75) is 19.9 Å². The summed E-state index contributed by atoms with van der Waals surface area (Å²) in [6, 6.07) is 8.06. The van der Waals surface area contributed by atoms with Crippen LogP contribution in [0.1, 0.15) is 18.9 Å². The van der Waals surface area contributed by atoms with Crippen molar-refractivity contribution in [2.24, 2.45) is 10.9 Å². The van der Waals surface area contributed by atoms with Crippen molar-refractivity contribution in [3.8, 4) is 5.75 Å². The molecule has 1 aromatic rings. The first-order chi connectivity index (χ1) is 12.3. The average Bonchev–Trinajstić information content (AvgIpc) is 3.11. The third kappa shape index (κ3) is 7.67. The van der Waals surface area contributed by atoms with E-state index in [-0.39, 0.29) is 24.0 Å². The topological polar surface area (TPSA) is 55.3 Å². The van der Waals surface area contributed by atoms with Gasteiger partial charge in [0.2, 0.25) is 0 Å². The standard InChI is InChI=1S/C19H31N3O3.HI/c1-4-20-19(21-13-16-6-5-7-18(12-16)24-3)22-9-8-17(14-22)15-25-11-10-23-2;/h5-7,12,17H,4,8-11,13-15H2,1-3H3,(H,20,21);1H. The average molecular weight is 477 g/mol. The zero-order valence-corrected chi connectivity index (χ0v) is 18.4. The van der Waals surface area contributed by atoms with Crippen molar-refractivity contribution in [3.05, 3.63) is 29.8 Å². The third-order valence-corrected chi connectivity index (χ3v) is 4.25. The molecule has 0 amide bonds. The fourth-order valence-electron chi connectivity index (χ4n) is 2.92. The fraction of sp³-hybridized carbons (Fsp3) is 0.632. The minimum atomic E-state index is 0. The Morgan fingerprint density at radius 3 is 2.88 bits per heavy atom. The predicted molar refractivity (Wildman–Crippen MR) is 116 cm³/mol. The second-order valence-electron chi connectivity index (χ2n) is 6.19. The Morgan fingerprint density at radius 2 is 2.15 bits per heavy atom. The largest absolute Gasteiger partial charge is 0.497 e. The van der Waals surface area contributed by atoms with Gasteiger partial charge in [-0.1, -0.05) is 12.1 Å². The number of likely N-dealkylation sites (tertiary alicyclic amines) is 1. The second-order valence-corrected chi connectivity index (χ2v) is 6.19. The van der Waals surface area contributed by atoms with Crippen molar-refractivity contribution >= 4 is 29.9 Å². The van der Waals surface area contributed by atoms with E-state index in [2.05, 4.69) is 23.2 Å². The van der Waals surface area contributed by atoms with E-state index in [1.165, 1.54) is 0 Å². The summed E-state index contributed by atoms with van der Waals surface area (Å²) >= 11 is 0. The molecule has 1 aliphatic rings. The van der Waals surface area contributed by atoms with Crippen LogP contribution in [0.25, 0.3) is 0 Å². The highest BCUT2D eigenvalue weighted by Gasteiger charge is 2.24. The summed E-state index contributed by atoms with van der Waals surface area (Å²) < 4.78 is 16.0. The monoisotopic (exact) mass is 477 g/mol. The van der Waals surface area contributed by atoms with Crippen LogP contribution in [0, 0.1) is 5.92 Å². The number of halogens is 1. The highest BCUT2D eigenvalue weighted by Crippen LogP contribution is 2.18. The van der Waals surface area contributed by atoms with Crippen LogP contribution in [0.3, 0.4) is 0 Å². The van der Waals surface area contributed by atoms with Gasteiger partial charge < -0.3 is 24.4 Å². The molecule has 0 spiro atoms. The lowest BCUT2D eigenvalue weighted by atomic mass is 10.1. The van der Waals surface area contributed by atoms with Gasteiger partial charge in [0.1, 0.15) is 5.75 Å². The van der Waals surface area contributed by atoms with E-state index in [1.807, 2.05) is 18.2 Å². The number of aliphatic imine (C=N–C) groups is 1. The molecule has 1 N–H and O–H groups in total. The van der Waals surface area contributed by atoms with Gasteiger partial charge in [-0.3, -0.25) is 0 Å². The molecule has 1 saturated heterocycles. The molecule has 6 nitrogen and oxygen atoms in total. The second kappa shape index (κ2) is 13.2. The van der Waals surface area contributed by atoms with Gasteiger partial charge in [0, 0.05) is 32.7 Å². The molecule has 0 bridgehead atoms. The molecule has 1 aliphatic heterocycles. The highest BCUT2D eigenvalue weighted by molar-refractivity contribution is 14.0. The number of hydrogen-bond donors (Lipinski definition) is 1. The van der Waals surface area contributed by atoms with Gasteiger partial charge in [-0.25, -0.2) is 4.99 Å². The molecule has 26 heavy (non-hydrogen) atoms. The molecule has 0 saturated carbocycles. The van der Waals surface area contributed by atoms with Crippen molar-refractivity contribution in [2.75, 3.05) is 53.7 Å². The van der Waals surface area contributed by atoms with E-state index in [0.717, 1.165) is 49.9 Å². The van der Waals surface area contributed by atoms with Gasteiger partial charge in [0.25, 0.3) is 0 Å². The van der Waals surface area contributed by atoms with E-state index >= 15 is 0 Å². The minimum absolute atomic E-state index is 0. The van der Waals surface area contributed by atoms with Crippen LogP contribution in [0.5, 0.6) is 5.75 Å². The van der Waals surface area contributed by atoms with E-state index in [1.54, 1.807) is 14.2 Å². The Kier molecular flexibility index (Phi) is 11.6. The number of guanidine groups is 1. The van der Waals surface area contributed by atoms with Crippen molar-refractivity contribution in [1.29, 1.82) is 0 Å². The summed E-state index contributed by atoms with van der Waals surface area (Å²) in [5.74, 6) is 2.40. The van der Waals surface area contributed by atoms with Crippen LogP contribution in [0.4, 0.5) is 0 Å². The summed E-state index contributed by atoms with van der Waals surface area (Å²) in [6.07, 6.45) is 1.14. The number of benzene rings is 1. The predicted octanol–water partition coefficient (Wildman–Crippen LogP) is 2.76. The summed E-state index contributed by atoms with van der Waals surface area (Å²) in [5, 5.41) is 3.40. The first kappa shape index (κ1) is 23.0. The molecule has 0 aliphatic carbocycles. The molecule has 1 fully saturated rings. The quantitative estimate of drug-likeness (QED) is 0.257. The van der Waals surface area contributed by atoms with Crippen LogP contribution in [0.15, 0.2) is 29.3 Å². The number of nitrogens with zero attached hydrogens (tertiary/aromatic N) is 2. The zero-order chi connectivity index (χ0) is 17.9. The Hall–Kier alpha value is -1.06. The Bertz CT molecular complexity index is 543. The molecule has 1 heterocycles. The molecular weight excluding hydrogens is 445 g/mol. The number of methoxy groups -OCH3 is 2. The highest BCUT2D eigenvalue weighted by atomic mass is 127. The van der Waals surface area contributed by atoms with Gasteiger partial charge in [-0.15, -0.1) is 24.0 Å². The summed E-state index contributed by atoms with van der Waals surface area (Å²) in [4.78, 5) is 7.13. The molecule has 1 aromatic carbocycles. The van der Waals surface area contributed by atoms with Crippen LogP contribution < -0.4 is 10.1 Å². The van der Waals surface area contributed by atoms with Gasteiger partial charge >= 0.3 is 0 Å². The smallest absolute Gasteiger partial charge is 0.194 e. The maximum atomic E-state index is 5.67. The Morgan fingerprint density at radius 1 is 1.31 bits per heavy atom. The van der Waals surface area contributed by atoms with Crippen molar-refractivity contribution in [1.82, 2.24) is 10.2 Å². The number of rotatable bonds is 9. The normalized spacial score (nSPS) is 17.1. The van der Waals surface area contributed by atoms with E-state index in [0.29, 0.717) is 25.7 Å². The zero-order valence-electron chi connectivity index (χ0n) is 16.1. The van der Waals surface area contributed by atoms with Crippen LogP contribution in [-0.2, 0) is 16.0 Å². The minimum Gasteiger partial charge on any atom is -0.497 e. The van der Waals surface area contributed by atoms with Gasteiger partial charge in [0.05, 0.1) is 33.5 Å². The van der Waals surface area contributed by atoms with E-state index in [9.17, 15) is 0 Å². The summed E-state index contributed by atoms with van der Waals surface area (Å²) in [6.45, 7) is 7.71. The first-order valence-electron chi connectivity index (χ1n) is 8.99. The maximum Gasteiger partial charge on any atom is 0.194 e. The Labute approximate surface area is 174 Å². The van der Waals surface area contributed by atoms with Crippen LogP contribution in [0.2, 0.25) is 0 Å². The molecule has 0 radical (unpaired) electrons. The SMILES string of the molecule is CCNC(=NCc1cccc(OC)c1)N1CCC(COCCOC)C1.I. The van der Waals surface area contributed by atoms with Crippen molar-refractivity contribution < 1.29 is 14.2 Å². The summed E-state index contributed by atoms with van der Waals surface area (Å²) in [7, 11) is 3.38. The number of ether oxygens (including phenoxy) is 3. The van der Waals surface area contributed by atoms with Gasteiger partial charge in [-0.2, -0.15) is 0 Å². The van der Waals surface area contributed by atoms with Crippen LogP contribution >= 0.6 is 24.0 Å². The molecule has 1 unspecified atom stereocenters. The van der Waals surface area contributed by atoms with Gasteiger partial charge in [-0.05, 0) is 31.0 Å². The third-order valence-electron chi connectivity index (χ3n) is 4.25. The van der Waals surface area contributed by atoms with E-state index < -0.39 is 0 Å². The van der Waals surface area contributed by atoms with Crippen molar-refractivity contribution in [3.63, 3.8) is 0 Å². The molecule has 0 aromatic heterocycles. The maximum absolute atomic E-state index is 5.67. The molecule has 7 heteroatoms. The first-order valence-corrected chi connectivity index (χ1v) is 8.99. The fourth-order valence-corrected chi connectivity index (χ4v) is 2.92. The summed E-state index contributed by atoms with van der Waals surface area (Å²) in [5.41, 5.74) is 1.15. The number of nitrogens with one attached hydrogen (secondary N) is 1. The molecule has 148 valence electrons. The van der Waals surface area contributed by atoms with Gasteiger partial charge in [0.15, 0.2) is 5.96 Å². The van der Waals surface area contributed by atoms with Crippen LogP contribution in [-0.4, -0.2) is 64.5 Å². The lowest BCUT2D eigenvalue weighted by molar-refractivity contribution is 0.0536. The molecule has 2 rings (SSSR count).